The molecule has 2 rings (SSSR count). The molecule has 1 aromatic carbocycles. The van der Waals surface area contributed by atoms with Crippen LogP contribution in [-0.2, 0) is 16.1 Å². The van der Waals surface area contributed by atoms with Crippen molar-refractivity contribution in [2.24, 2.45) is 0 Å². The molecule has 0 atom stereocenters. The second-order valence-electron chi connectivity index (χ2n) is 5.40. The molecule has 106 valence electrons. The maximum atomic E-state index is 12.0. The summed E-state index contributed by atoms with van der Waals surface area (Å²) >= 11 is 0. The van der Waals surface area contributed by atoms with Gasteiger partial charge in [0, 0.05) is 26.7 Å². The minimum absolute atomic E-state index is 0.0394. The highest BCUT2D eigenvalue weighted by molar-refractivity contribution is 5.77. The Kier molecular flexibility index (Phi) is 4.38. The molecule has 1 amide bonds. The van der Waals surface area contributed by atoms with Crippen LogP contribution in [0.2, 0.25) is 0 Å². The number of carbonyl (C=O) groups is 1. The van der Waals surface area contributed by atoms with Gasteiger partial charge >= 0.3 is 0 Å². The average molecular weight is 273 g/mol. The largest absolute Gasteiger partial charge is 0.363 e. The van der Waals surface area contributed by atoms with Gasteiger partial charge in [0.25, 0.3) is 0 Å². The number of likely N-dealkylation sites (N-methyl/N-ethyl adjacent to an activating group) is 1. The zero-order valence-electron chi connectivity index (χ0n) is 11.8. The molecule has 1 aliphatic heterocycles. The van der Waals surface area contributed by atoms with Crippen LogP contribution in [0.5, 0.6) is 0 Å². The SMILES string of the molecule is CN(Cc1ccc(C#N)cc1)C(=O)COC1(C)CNC1. The Morgan fingerprint density at radius 2 is 2.10 bits per heavy atom. The molecule has 0 aromatic heterocycles. The quantitative estimate of drug-likeness (QED) is 0.865. The first-order chi connectivity index (χ1) is 9.52. The fraction of sp³-hybridized carbons (Fsp3) is 0.467. The molecule has 0 saturated carbocycles. The number of carbonyl (C=O) groups excluding carboxylic acids is 1. The number of benzene rings is 1. The van der Waals surface area contributed by atoms with Gasteiger partial charge in [0.2, 0.25) is 5.91 Å². The van der Waals surface area contributed by atoms with Gasteiger partial charge in [0.05, 0.1) is 17.2 Å². The highest BCUT2D eigenvalue weighted by atomic mass is 16.5. The molecule has 1 heterocycles. The van der Waals surface area contributed by atoms with E-state index in [2.05, 4.69) is 11.4 Å². The van der Waals surface area contributed by atoms with Gasteiger partial charge in [-0.05, 0) is 24.6 Å². The number of nitrogens with one attached hydrogen (secondary N) is 1. The van der Waals surface area contributed by atoms with Crippen molar-refractivity contribution in [3.8, 4) is 6.07 Å². The van der Waals surface area contributed by atoms with Crippen molar-refractivity contribution in [3.05, 3.63) is 35.4 Å². The van der Waals surface area contributed by atoms with Crippen LogP contribution in [0.1, 0.15) is 18.1 Å². The second-order valence-corrected chi connectivity index (χ2v) is 5.40. The number of hydrogen-bond donors (Lipinski definition) is 1. The monoisotopic (exact) mass is 273 g/mol. The maximum Gasteiger partial charge on any atom is 0.248 e. The van der Waals surface area contributed by atoms with Crippen LogP contribution in [-0.4, -0.2) is 43.2 Å². The molecule has 0 unspecified atom stereocenters. The summed E-state index contributed by atoms with van der Waals surface area (Å²) in [7, 11) is 1.76. The van der Waals surface area contributed by atoms with Crippen molar-refractivity contribution >= 4 is 5.91 Å². The van der Waals surface area contributed by atoms with Crippen molar-refractivity contribution < 1.29 is 9.53 Å². The summed E-state index contributed by atoms with van der Waals surface area (Å²) in [5.74, 6) is -0.0394. The summed E-state index contributed by atoms with van der Waals surface area (Å²) in [6.07, 6.45) is 0. The first-order valence-electron chi connectivity index (χ1n) is 6.60. The van der Waals surface area contributed by atoms with Crippen LogP contribution in [0.25, 0.3) is 0 Å². The van der Waals surface area contributed by atoms with Crippen LogP contribution in [0.15, 0.2) is 24.3 Å². The molecule has 20 heavy (non-hydrogen) atoms. The summed E-state index contributed by atoms with van der Waals surface area (Å²) < 4.78 is 5.63. The molecule has 0 radical (unpaired) electrons. The fourth-order valence-electron chi connectivity index (χ4n) is 1.97. The highest BCUT2D eigenvalue weighted by Gasteiger charge is 2.33. The zero-order valence-corrected chi connectivity index (χ0v) is 11.8. The molecule has 1 N–H and O–H groups in total. The van der Waals surface area contributed by atoms with Gasteiger partial charge in [-0.3, -0.25) is 4.79 Å². The van der Waals surface area contributed by atoms with Gasteiger partial charge in [-0.25, -0.2) is 0 Å². The van der Waals surface area contributed by atoms with Crippen LogP contribution in [0, 0.1) is 11.3 Å². The Bertz CT molecular complexity index is 515. The molecular formula is C15H19N3O2. The molecule has 5 heteroatoms. The molecule has 1 saturated heterocycles. The summed E-state index contributed by atoms with van der Waals surface area (Å²) in [6, 6.07) is 9.31. The summed E-state index contributed by atoms with van der Waals surface area (Å²) in [6.45, 7) is 4.20. The Hall–Kier alpha value is -1.90. The van der Waals surface area contributed by atoms with Gasteiger partial charge in [-0.1, -0.05) is 12.1 Å². The first-order valence-corrected chi connectivity index (χ1v) is 6.60. The van der Waals surface area contributed by atoms with Crippen molar-refractivity contribution in [3.63, 3.8) is 0 Å². The van der Waals surface area contributed by atoms with Crippen LogP contribution >= 0.6 is 0 Å². The van der Waals surface area contributed by atoms with E-state index in [1.807, 2.05) is 19.1 Å². The smallest absolute Gasteiger partial charge is 0.248 e. The lowest BCUT2D eigenvalue weighted by molar-refractivity contribution is -0.145. The third-order valence-electron chi connectivity index (χ3n) is 3.47. The lowest BCUT2D eigenvalue weighted by atomic mass is 10.0. The number of hydrogen-bond acceptors (Lipinski definition) is 4. The van der Waals surface area contributed by atoms with E-state index in [0.29, 0.717) is 12.1 Å². The predicted molar refractivity (Wildman–Crippen MR) is 74.9 cm³/mol. The van der Waals surface area contributed by atoms with E-state index in [0.717, 1.165) is 18.7 Å². The maximum absolute atomic E-state index is 12.0. The van der Waals surface area contributed by atoms with Crippen LogP contribution in [0.4, 0.5) is 0 Å². The van der Waals surface area contributed by atoms with Crippen molar-refractivity contribution in [2.75, 3.05) is 26.7 Å². The molecule has 1 aliphatic rings. The van der Waals surface area contributed by atoms with Gasteiger partial charge in [0.1, 0.15) is 6.61 Å². The van der Waals surface area contributed by atoms with E-state index in [1.165, 1.54) is 0 Å². The normalized spacial score (nSPS) is 16.1. The van der Waals surface area contributed by atoms with E-state index < -0.39 is 0 Å². The third-order valence-corrected chi connectivity index (χ3v) is 3.47. The molecule has 0 aliphatic carbocycles. The zero-order chi connectivity index (χ0) is 14.6. The molecule has 0 spiro atoms. The standard InChI is InChI=1S/C15H19N3O2/c1-15(10-17-11-15)20-9-14(19)18(2)8-13-5-3-12(7-16)4-6-13/h3-6,17H,8-11H2,1-2H3. The minimum Gasteiger partial charge on any atom is -0.363 e. The van der Waals surface area contributed by atoms with Gasteiger partial charge in [-0.2, -0.15) is 5.26 Å². The summed E-state index contributed by atoms with van der Waals surface area (Å²) in [5.41, 5.74) is 1.41. The number of nitrogens with zero attached hydrogens (tertiary/aromatic N) is 2. The highest BCUT2D eigenvalue weighted by Crippen LogP contribution is 2.15. The molecular weight excluding hydrogens is 254 g/mol. The predicted octanol–water partition coefficient (Wildman–Crippen LogP) is 0.895. The number of rotatable bonds is 5. The molecule has 1 aromatic rings. The average Bonchev–Trinajstić information content (AvgIpc) is 2.43. The second kappa shape index (κ2) is 6.04. The van der Waals surface area contributed by atoms with E-state index in [4.69, 9.17) is 10.00 Å². The lowest BCUT2D eigenvalue weighted by Gasteiger charge is -2.39. The lowest BCUT2D eigenvalue weighted by Crippen LogP contribution is -2.59. The van der Waals surface area contributed by atoms with Gasteiger partial charge < -0.3 is 15.0 Å². The molecule has 5 nitrogen and oxygen atoms in total. The third kappa shape index (κ3) is 3.56. The number of nitriles is 1. The van der Waals surface area contributed by atoms with Crippen LogP contribution < -0.4 is 5.32 Å². The fourth-order valence-corrected chi connectivity index (χ4v) is 1.97. The van der Waals surface area contributed by atoms with Crippen molar-refractivity contribution in [2.45, 2.75) is 19.1 Å². The summed E-state index contributed by atoms with van der Waals surface area (Å²) in [4.78, 5) is 13.6. The van der Waals surface area contributed by atoms with Crippen molar-refractivity contribution in [1.82, 2.24) is 10.2 Å². The molecule has 1 fully saturated rings. The number of amides is 1. The topological polar surface area (TPSA) is 65.4 Å². The van der Waals surface area contributed by atoms with Gasteiger partial charge in [-0.15, -0.1) is 0 Å². The van der Waals surface area contributed by atoms with Crippen molar-refractivity contribution in [1.29, 1.82) is 5.26 Å². The minimum atomic E-state index is -0.203. The van der Waals surface area contributed by atoms with E-state index >= 15 is 0 Å². The molecule has 0 bridgehead atoms. The van der Waals surface area contributed by atoms with E-state index in [9.17, 15) is 4.79 Å². The van der Waals surface area contributed by atoms with Gasteiger partial charge in [0.15, 0.2) is 0 Å². The Labute approximate surface area is 119 Å². The Morgan fingerprint density at radius 1 is 1.45 bits per heavy atom. The van der Waals surface area contributed by atoms with Crippen LogP contribution in [0.3, 0.4) is 0 Å². The first kappa shape index (κ1) is 14.5. The van der Waals surface area contributed by atoms with E-state index in [1.54, 1.807) is 24.1 Å². The Morgan fingerprint density at radius 3 is 2.60 bits per heavy atom. The van der Waals surface area contributed by atoms with E-state index in [-0.39, 0.29) is 18.1 Å². The summed E-state index contributed by atoms with van der Waals surface area (Å²) in [5, 5.41) is 11.9. The number of ether oxygens (including phenoxy) is 1. The Balaban J connectivity index is 1.82.